The molecule has 0 unspecified atom stereocenters. The van der Waals surface area contributed by atoms with Crippen LogP contribution in [0.2, 0.25) is 0 Å². The zero-order chi connectivity index (χ0) is 16.6. The molecule has 126 valence electrons. The predicted molar refractivity (Wildman–Crippen MR) is 91.0 cm³/mol. The molecule has 0 aromatic heterocycles. The van der Waals surface area contributed by atoms with Gasteiger partial charge in [-0.15, -0.1) is 0 Å². The second-order valence-corrected chi connectivity index (χ2v) is 7.43. The summed E-state index contributed by atoms with van der Waals surface area (Å²) in [5.41, 5.74) is 2.03. The van der Waals surface area contributed by atoms with E-state index in [1.807, 2.05) is 4.90 Å². The number of rotatable bonds is 2. The number of hydrogen-bond donors (Lipinski definition) is 1. The lowest BCUT2D eigenvalue weighted by Gasteiger charge is -2.46. The first-order valence-electron chi connectivity index (χ1n) is 8.90. The fourth-order valence-electron chi connectivity index (χ4n) is 4.17. The van der Waals surface area contributed by atoms with Crippen LogP contribution in [0, 0.1) is 17.8 Å². The molecule has 4 rings (SSSR count). The number of likely N-dealkylation sites (tertiary alicyclic amines) is 1. The van der Waals surface area contributed by atoms with Crippen LogP contribution < -0.4 is 4.74 Å². The van der Waals surface area contributed by atoms with Crippen LogP contribution in [0.4, 0.5) is 0 Å². The number of carboxylic acids is 1. The van der Waals surface area contributed by atoms with Crippen LogP contribution in [0.5, 0.6) is 5.75 Å². The van der Waals surface area contributed by atoms with Crippen LogP contribution in [-0.2, 0) is 11.2 Å². The van der Waals surface area contributed by atoms with E-state index in [4.69, 9.17) is 9.84 Å². The molecule has 4 nitrogen and oxygen atoms in total. The minimum atomic E-state index is -0.777. The van der Waals surface area contributed by atoms with E-state index >= 15 is 0 Å². The number of nitrogens with zero attached hydrogens (tertiary/aromatic N) is 1. The number of carboxylic acid groups (broad SMARTS) is 1. The monoisotopic (exact) mass is 325 g/mol. The molecule has 0 amide bonds. The molecule has 1 saturated heterocycles. The maximum absolute atomic E-state index is 10.8. The first-order chi connectivity index (χ1) is 11.6. The molecule has 3 aliphatic rings. The second-order valence-electron chi connectivity index (χ2n) is 7.43. The van der Waals surface area contributed by atoms with Gasteiger partial charge in [-0.25, -0.2) is 0 Å². The van der Waals surface area contributed by atoms with Gasteiger partial charge in [0.1, 0.15) is 11.4 Å². The maximum Gasteiger partial charge on any atom is 0.317 e. The van der Waals surface area contributed by atoms with Crippen LogP contribution in [0.1, 0.15) is 43.2 Å². The standard InChI is InChI=1S/C20H23NO3/c22-19(23)12-21-13-20(14-21)11-17-9-8-16(10-18(17)24-20)7-6-15-4-2-1-3-5-15/h8-10,15H,1-5,11-14H2,(H,22,23). The van der Waals surface area contributed by atoms with Crippen molar-refractivity contribution in [3.05, 3.63) is 29.3 Å². The van der Waals surface area contributed by atoms with Crippen LogP contribution >= 0.6 is 0 Å². The molecule has 1 aromatic rings. The maximum atomic E-state index is 10.8. The fraction of sp³-hybridized carbons (Fsp3) is 0.550. The molecular formula is C20H23NO3. The van der Waals surface area contributed by atoms with E-state index in [9.17, 15) is 4.79 Å². The third-order valence-electron chi connectivity index (χ3n) is 5.31. The molecule has 1 aromatic carbocycles. The quantitative estimate of drug-likeness (QED) is 0.850. The lowest BCUT2D eigenvalue weighted by molar-refractivity contribution is -0.143. The molecule has 0 atom stereocenters. The van der Waals surface area contributed by atoms with Gasteiger partial charge in [0.25, 0.3) is 0 Å². The van der Waals surface area contributed by atoms with Crippen molar-refractivity contribution in [3.63, 3.8) is 0 Å². The van der Waals surface area contributed by atoms with E-state index in [0.717, 1.165) is 17.7 Å². The van der Waals surface area contributed by atoms with E-state index in [-0.39, 0.29) is 12.1 Å². The zero-order valence-electron chi connectivity index (χ0n) is 13.9. The highest BCUT2D eigenvalue weighted by atomic mass is 16.5. The van der Waals surface area contributed by atoms with Crippen molar-refractivity contribution in [3.8, 4) is 17.6 Å². The molecule has 2 fully saturated rings. The number of carbonyl (C=O) groups is 1. The predicted octanol–water partition coefficient (Wildman–Crippen LogP) is 2.69. The highest BCUT2D eigenvalue weighted by Gasteiger charge is 2.49. The van der Waals surface area contributed by atoms with Gasteiger partial charge in [-0.3, -0.25) is 9.69 Å². The Bertz CT molecular complexity index is 703. The summed E-state index contributed by atoms with van der Waals surface area (Å²) in [6.07, 6.45) is 7.30. The third-order valence-corrected chi connectivity index (χ3v) is 5.31. The molecule has 24 heavy (non-hydrogen) atoms. The summed E-state index contributed by atoms with van der Waals surface area (Å²) in [7, 11) is 0. The summed E-state index contributed by atoms with van der Waals surface area (Å²) < 4.78 is 6.17. The summed E-state index contributed by atoms with van der Waals surface area (Å²) in [6, 6.07) is 6.26. The molecule has 1 saturated carbocycles. The Morgan fingerprint density at radius 2 is 2.08 bits per heavy atom. The molecule has 2 heterocycles. The van der Waals surface area contributed by atoms with E-state index in [2.05, 4.69) is 30.0 Å². The van der Waals surface area contributed by atoms with Gasteiger partial charge < -0.3 is 9.84 Å². The van der Waals surface area contributed by atoms with Gasteiger partial charge in [0.2, 0.25) is 0 Å². The van der Waals surface area contributed by atoms with Gasteiger partial charge in [0.05, 0.1) is 6.54 Å². The molecule has 1 N–H and O–H groups in total. The largest absolute Gasteiger partial charge is 0.484 e. The average molecular weight is 325 g/mol. The van der Waals surface area contributed by atoms with Crippen molar-refractivity contribution >= 4 is 5.97 Å². The fourth-order valence-corrected chi connectivity index (χ4v) is 4.17. The first kappa shape index (κ1) is 15.5. The van der Waals surface area contributed by atoms with Crippen molar-refractivity contribution in [2.45, 2.75) is 44.1 Å². The van der Waals surface area contributed by atoms with Crippen molar-refractivity contribution < 1.29 is 14.6 Å². The van der Waals surface area contributed by atoms with Gasteiger partial charge >= 0.3 is 5.97 Å². The summed E-state index contributed by atoms with van der Waals surface area (Å²) in [6.45, 7) is 1.48. The minimum Gasteiger partial charge on any atom is -0.484 e. The van der Waals surface area contributed by atoms with Crippen molar-refractivity contribution in [2.24, 2.45) is 5.92 Å². The highest BCUT2D eigenvalue weighted by Crippen LogP contribution is 2.40. The summed E-state index contributed by atoms with van der Waals surface area (Å²) in [5.74, 6) is 7.46. The van der Waals surface area contributed by atoms with Crippen LogP contribution in [0.3, 0.4) is 0 Å². The molecule has 1 spiro atoms. The number of ether oxygens (including phenoxy) is 1. The third kappa shape index (κ3) is 3.14. The van der Waals surface area contributed by atoms with Crippen molar-refractivity contribution in [1.82, 2.24) is 4.90 Å². The van der Waals surface area contributed by atoms with Crippen LogP contribution in [-0.4, -0.2) is 41.2 Å². The first-order valence-corrected chi connectivity index (χ1v) is 8.90. The van der Waals surface area contributed by atoms with Gasteiger partial charge in [-0.1, -0.05) is 37.2 Å². The van der Waals surface area contributed by atoms with Crippen molar-refractivity contribution in [2.75, 3.05) is 19.6 Å². The Hall–Kier alpha value is -1.99. The van der Waals surface area contributed by atoms with Gasteiger partial charge in [-0.05, 0) is 30.5 Å². The van der Waals surface area contributed by atoms with Crippen molar-refractivity contribution in [1.29, 1.82) is 0 Å². The molecule has 1 aliphatic carbocycles. The molecule has 2 aliphatic heterocycles. The summed E-state index contributed by atoms with van der Waals surface area (Å²) in [5, 5.41) is 8.86. The van der Waals surface area contributed by atoms with E-state index in [1.165, 1.54) is 37.7 Å². The Morgan fingerprint density at radius 1 is 1.29 bits per heavy atom. The molecule has 0 radical (unpaired) electrons. The van der Waals surface area contributed by atoms with Crippen LogP contribution in [0.15, 0.2) is 18.2 Å². The van der Waals surface area contributed by atoms with Crippen LogP contribution in [0.25, 0.3) is 0 Å². The van der Waals surface area contributed by atoms with Gasteiger partial charge in [0.15, 0.2) is 0 Å². The van der Waals surface area contributed by atoms with E-state index in [1.54, 1.807) is 0 Å². The summed E-state index contributed by atoms with van der Waals surface area (Å²) >= 11 is 0. The zero-order valence-corrected chi connectivity index (χ0v) is 13.9. The average Bonchev–Trinajstić information content (AvgIpc) is 2.91. The highest BCUT2D eigenvalue weighted by molar-refractivity contribution is 5.69. The number of aliphatic carboxylic acids is 1. The Kier molecular flexibility index (Phi) is 3.97. The molecule has 4 heteroatoms. The lowest BCUT2D eigenvalue weighted by atomic mass is 9.89. The SMILES string of the molecule is O=C(O)CN1CC2(Cc3ccc(C#CC4CCCCC4)cc3O2)C1. The topological polar surface area (TPSA) is 49.8 Å². The second kappa shape index (κ2) is 6.14. The normalized spacial score (nSPS) is 22.2. The van der Waals surface area contributed by atoms with Gasteiger partial charge in [-0.2, -0.15) is 0 Å². The van der Waals surface area contributed by atoms with E-state index in [0.29, 0.717) is 19.0 Å². The number of hydrogen-bond acceptors (Lipinski definition) is 3. The Labute approximate surface area is 142 Å². The lowest BCUT2D eigenvalue weighted by Crippen LogP contribution is -2.65. The summed E-state index contributed by atoms with van der Waals surface area (Å²) in [4.78, 5) is 12.7. The Morgan fingerprint density at radius 3 is 2.83 bits per heavy atom. The van der Waals surface area contributed by atoms with E-state index < -0.39 is 5.97 Å². The number of benzene rings is 1. The molecule has 0 bridgehead atoms. The Balaban J connectivity index is 1.41. The van der Waals surface area contributed by atoms with Gasteiger partial charge in [0, 0.05) is 31.0 Å². The smallest absolute Gasteiger partial charge is 0.317 e. The minimum absolute atomic E-state index is 0.0968. The molecular weight excluding hydrogens is 302 g/mol. The number of fused-ring (bicyclic) bond motifs is 1.